The third-order valence-corrected chi connectivity index (χ3v) is 1.75. The average Bonchev–Trinajstić information content (AvgIpc) is 1.59. The van der Waals surface area contributed by atoms with Gasteiger partial charge in [-0.15, -0.1) is 0 Å². The molecule has 0 N–H and O–H groups in total. The Morgan fingerprint density at radius 3 is 2.20 bits per heavy atom. The van der Waals surface area contributed by atoms with Crippen LogP contribution in [0.15, 0.2) is 10.2 Å². The molecular weight excluding hydrogens is 235 g/mol. The van der Waals surface area contributed by atoms with Crippen molar-refractivity contribution in [3.8, 4) is 0 Å². The van der Waals surface area contributed by atoms with Crippen molar-refractivity contribution < 1.29 is 0 Å². The van der Waals surface area contributed by atoms with Crippen molar-refractivity contribution in [2.75, 3.05) is 0 Å². The van der Waals surface area contributed by atoms with Gasteiger partial charge in [-0.05, 0) is 21.8 Å². The summed E-state index contributed by atoms with van der Waals surface area (Å²) in [7, 11) is 0. The van der Waals surface area contributed by atoms with E-state index >= 15 is 0 Å². The molecule has 1 heteroatoms. The Labute approximate surface area is 78.2 Å². The van der Waals surface area contributed by atoms with E-state index in [9.17, 15) is 0 Å². The zero-order chi connectivity index (χ0) is 8.20. The van der Waals surface area contributed by atoms with Crippen LogP contribution in [-0.4, -0.2) is 0 Å². The largest absolute Gasteiger partial charge is 0.0756 e. The second kappa shape index (κ2) is 4.37. The van der Waals surface area contributed by atoms with Crippen molar-refractivity contribution in [2.24, 2.45) is 11.3 Å². The molecule has 0 bridgehead atoms. The monoisotopic (exact) mass is 252 g/mol. The molecule has 0 saturated carbocycles. The minimum atomic E-state index is 0.468. The zero-order valence-corrected chi connectivity index (χ0v) is 9.47. The lowest BCUT2D eigenvalue weighted by atomic mass is 9.86. The Bertz CT molecular complexity index is 108. The lowest BCUT2D eigenvalue weighted by Crippen LogP contribution is -2.09. The standard InChI is InChI=1S/C9H17I/c1-8(5-6-10)7-9(2,3)4/h5-6,8H,7H2,1-4H3. The number of allylic oxidation sites excluding steroid dienone is 1. The van der Waals surface area contributed by atoms with Crippen LogP contribution in [0.3, 0.4) is 0 Å². The maximum Gasteiger partial charge on any atom is -0.0249 e. The average molecular weight is 252 g/mol. The molecule has 1 unspecified atom stereocenters. The van der Waals surface area contributed by atoms with E-state index in [1.165, 1.54) is 6.42 Å². The highest BCUT2D eigenvalue weighted by Gasteiger charge is 2.12. The molecule has 1 atom stereocenters. The molecule has 60 valence electrons. The van der Waals surface area contributed by atoms with Gasteiger partial charge in [-0.2, -0.15) is 0 Å². The summed E-state index contributed by atoms with van der Waals surface area (Å²) in [5, 5.41) is 0. The van der Waals surface area contributed by atoms with E-state index in [1.807, 2.05) is 0 Å². The third-order valence-electron chi connectivity index (χ3n) is 1.34. The lowest BCUT2D eigenvalue weighted by molar-refractivity contribution is 0.337. The summed E-state index contributed by atoms with van der Waals surface area (Å²) < 4.78 is 2.11. The molecule has 0 aromatic heterocycles. The van der Waals surface area contributed by atoms with Crippen LogP contribution in [0.4, 0.5) is 0 Å². The van der Waals surface area contributed by atoms with Crippen LogP contribution in [0, 0.1) is 11.3 Å². The molecule has 0 amide bonds. The fourth-order valence-corrected chi connectivity index (χ4v) is 1.87. The molecule has 0 saturated heterocycles. The highest BCUT2D eigenvalue weighted by molar-refractivity contribution is 14.1. The van der Waals surface area contributed by atoms with E-state index in [2.05, 4.69) is 60.4 Å². The van der Waals surface area contributed by atoms with Gasteiger partial charge in [0.2, 0.25) is 0 Å². The van der Waals surface area contributed by atoms with Crippen LogP contribution in [0.2, 0.25) is 0 Å². The Balaban J connectivity index is 3.68. The van der Waals surface area contributed by atoms with Crippen molar-refractivity contribution >= 4 is 22.6 Å². The first-order valence-electron chi connectivity index (χ1n) is 3.72. The lowest BCUT2D eigenvalue weighted by Gasteiger charge is -2.20. The Kier molecular flexibility index (Phi) is 4.57. The molecule has 10 heavy (non-hydrogen) atoms. The molecule has 0 aliphatic rings. The minimum Gasteiger partial charge on any atom is -0.0756 e. The van der Waals surface area contributed by atoms with E-state index in [0.29, 0.717) is 5.41 Å². The fourth-order valence-electron chi connectivity index (χ4n) is 1.16. The van der Waals surface area contributed by atoms with E-state index < -0.39 is 0 Å². The second-order valence-corrected chi connectivity index (χ2v) is 4.78. The molecule has 0 rings (SSSR count). The van der Waals surface area contributed by atoms with Crippen LogP contribution in [0.5, 0.6) is 0 Å². The van der Waals surface area contributed by atoms with Crippen LogP contribution in [0.1, 0.15) is 34.1 Å². The number of hydrogen-bond acceptors (Lipinski definition) is 0. The van der Waals surface area contributed by atoms with Crippen molar-refractivity contribution in [3.63, 3.8) is 0 Å². The normalized spacial score (nSPS) is 16.1. The molecule has 0 fully saturated rings. The molecule has 0 aliphatic heterocycles. The quantitative estimate of drug-likeness (QED) is 0.651. The maximum absolute atomic E-state index is 2.28. The molecule has 0 aromatic rings. The predicted molar refractivity (Wildman–Crippen MR) is 56.4 cm³/mol. The van der Waals surface area contributed by atoms with Gasteiger partial charge in [0, 0.05) is 0 Å². The van der Waals surface area contributed by atoms with Gasteiger partial charge in [0.1, 0.15) is 0 Å². The first-order valence-corrected chi connectivity index (χ1v) is 4.97. The Morgan fingerprint density at radius 2 is 1.90 bits per heavy atom. The van der Waals surface area contributed by atoms with Crippen molar-refractivity contribution in [3.05, 3.63) is 10.2 Å². The molecule has 0 nitrogen and oxygen atoms in total. The number of hydrogen-bond donors (Lipinski definition) is 0. The molecule has 0 spiro atoms. The van der Waals surface area contributed by atoms with Crippen LogP contribution in [0.25, 0.3) is 0 Å². The topological polar surface area (TPSA) is 0 Å². The highest BCUT2D eigenvalue weighted by atomic mass is 127. The van der Waals surface area contributed by atoms with Crippen molar-refractivity contribution in [1.82, 2.24) is 0 Å². The van der Waals surface area contributed by atoms with Gasteiger partial charge in [-0.1, -0.05) is 56.4 Å². The van der Waals surface area contributed by atoms with Crippen LogP contribution in [-0.2, 0) is 0 Å². The summed E-state index contributed by atoms with van der Waals surface area (Å²) in [4.78, 5) is 0. The summed E-state index contributed by atoms with van der Waals surface area (Å²) in [6.07, 6.45) is 3.53. The van der Waals surface area contributed by atoms with Crippen LogP contribution < -0.4 is 0 Å². The van der Waals surface area contributed by atoms with E-state index in [0.717, 1.165) is 5.92 Å². The minimum absolute atomic E-state index is 0.468. The fraction of sp³-hybridized carbons (Fsp3) is 0.778. The van der Waals surface area contributed by atoms with E-state index in [-0.39, 0.29) is 0 Å². The summed E-state index contributed by atoms with van der Waals surface area (Å²) in [5.74, 6) is 0.719. The van der Waals surface area contributed by atoms with E-state index in [4.69, 9.17) is 0 Å². The van der Waals surface area contributed by atoms with Gasteiger partial charge < -0.3 is 0 Å². The van der Waals surface area contributed by atoms with E-state index in [1.54, 1.807) is 0 Å². The van der Waals surface area contributed by atoms with Crippen molar-refractivity contribution in [2.45, 2.75) is 34.1 Å². The van der Waals surface area contributed by atoms with Crippen molar-refractivity contribution in [1.29, 1.82) is 0 Å². The van der Waals surface area contributed by atoms with Gasteiger partial charge in [-0.3, -0.25) is 0 Å². The molecular formula is C9H17I. The van der Waals surface area contributed by atoms with Crippen LogP contribution >= 0.6 is 22.6 Å². The first kappa shape index (κ1) is 10.5. The summed E-state index contributed by atoms with van der Waals surface area (Å²) in [6.45, 7) is 9.11. The third kappa shape index (κ3) is 6.59. The smallest absolute Gasteiger partial charge is 0.0249 e. The van der Waals surface area contributed by atoms with Gasteiger partial charge in [0.25, 0.3) is 0 Å². The first-order chi connectivity index (χ1) is 4.45. The number of halogens is 1. The highest BCUT2D eigenvalue weighted by Crippen LogP contribution is 2.24. The summed E-state index contributed by atoms with van der Waals surface area (Å²) in [5.41, 5.74) is 0.468. The predicted octanol–water partition coefficient (Wildman–Crippen LogP) is 4.01. The van der Waals surface area contributed by atoms with Gasteiger partial charge >= 0.3 is 0 Å². The molecule has 0 aliphatic carbocycles. The van der Waals surface area contributed by atoms with Gasteiger partial charge in [0.05, 0.1) is 0 Å². The molecule has 0 heterocycles. The second-order valence-electron chi connectivity index (χ2n) is 4.06. The molecule has 0 aromatic carbocycles. The molecule has 0 radical (unpaired) electrons. The Hall–Kier alpha value is 0.470. The zero-order valence-electron chi connectivity index (χ0n) is 7.32. The number of rotatable bonds is 2. The van der Waals surface area contributed by atoms with Gasteiger partial charge in [0.15, 0.2) is 0 Å². The Morgan fingerprint density at radius 1 is 1.40 bits per heavy atom. The maximum atomic E-state index is 2.28. The summed E-state index contributed by atoms with van der Waals surface area (Å²) >= 11 is 2.27. The SMILES string of the molecule is CC(C=CI)CC(C)(C)C. The summed E-state index contributed by atoms with van der Waals surface area (Å²) in [6, 6.07) is 0. The van der Waals surface area contributed by atoms with Gasteiger partial charge in [-0.25, -0.2) is 0 Å².